The van der Waals surface area contributed by atoms with Gasteiger partial charge < -0.3 is 37.6 Å². The number of unbranched alkanes of at least 4 members (excludes halogenated alkanes) is 1. The molecule has 0 radical (unpaired) electrons. The molecule has 3 amide bonds. The number of nitrogens with two attached hydrogens (primary N) is 2. The van der Waals surface area contributed by atoms with Crippen LogP contribution in [0, 0.1) is 0 Å². The van der Waals surface area contributed by atoms with Crippen molar-refractivity contribution in [3.05, 3.63) is 0 Å². The number of aliphatic carboxylic acids is 1. The number of carbonyl (C=O) groups is 4. The van der Waals surface area contributed by atoms with Gasteiger partial charge in [-0.05, 0) is 19.4 Å². The molecule has 138 valence electrons. The normalized spacial score (nSPS) is 12.8. The highest BCUT2D eigenvalue weighted by atomic mass is 16.4. The standard InChI is InChI=1S/C13H25N5O6/c14-4-2-1-3-8(15)12(23)18-9(7-19)13(24)17-5-10(20)16-6-11(21)22/h8-9,19H,1-7,14-15H2,(H,16,20)(H,17,24)(H,18,23)(H,21,22). The number of carboxylic acid groups (broad SMARTS) is 1. The van der Waals surface area contributed by atoms with Crippen LogP contribution in [0.5, 0.6) is 0 Å². The Balaban J connectivity index is 4.26. The second kappa shape index (κ2) is 12.2. The summed E-state index contributed by atoms with van der Waals surface area (Å²) in [5.74, 6) is -3.33. The molecule has 0 aromatic rings. The van der Waals surface area contributed by atoms with Gasteiger partial charge in [-0.25, -0.2) is 0 Å². The van der Waals surface area contributed by atoms with E-state index in [1.807, 2.05) is 5.32 Å². The molecule has 0 spiro atoms. The van der Waals surface area contributed by atoms with E-state index in [-0.39, 0.29) is 0 Å². The number of aliphatic hydroxyl groups excluding tert-OH is 1. The van der Waals surface area contributed by atoms with Crippen molar-refractivity contribution in [2.75, 3.05) is 26.2 Å². The number of nitrogens with one attached hydrogen (secondary N) is 3. The van der Waals surface area contributed by atoms with E-state index in [4.69, 9.17) is 16.6 Å². The minimum absolute atomic E-state index is 0.389. The molecule has 0 heterocycles. The predicted molar refractivity (Wildman–Crippen MR) is 83.6 cm³/mol. The maximum Gasteiger partial charge on any atom is 0.322 e. The Morgan fingerprint density at radius 2 is 1.67 bits per heavy atom. The Morgan fingerprint density at radius 1 is 1.00 bits per heavy atom. The molecule has 0 fully saturated rings. The van der Waals surface area contributed by atoms with E-state index in [0.29, 0.717) is 19.4 Å². The summed E-state index contributed by atoms with van der Waals surface area (Å²) in [5.41, 5.74) is 11.0. The van der Waals surface area contributed by atoms with Gasteiger partial charge in [0.2, 0.25) is 17.7 Å². The van der Waals surface area contributed by atoms with E-state index >= 15 is 0 Å². The number of carbonyl (C=O) groups excluding carboxylic acids is 3. The van der Waals surface area contributed by atoms with Crippen molar-refractivity contribution >= 4 is 23.7 Å². The zero-order valence-corrected chi connectivity index (χ0v) is 13.3. The first kappa shape index (κ1) is 21.8. The van der Waals surface area contributed by atoms with Gasteiger partial charge in [0.15, 0.2) is 0 Å². The van der Waals surface area contributed by atoms with Crippen LogP contribution < -0.4 is 27.4 Å². The molecule has 0 aromatic heterocycles. The molecule has 11 heteroatoms. The SMILES string of the molecule is NCCCCC(N)C(=O)NC(CO)C(=O)NCC(=O)NCC(=O)O. The first-order valence-corrected chi connectivity index (χ1v) is 7.44. The lowest BCUT2D eigenvalue weighted by atomic mass is 10.1. The lowest BCUT2D eigenvalue weighted by Gasteiger charge is -2.18. The highest BCUT2D eigenvalue weighted by Crippen LogP contribution is 1.98. The summed E-state index contributed by atoms with van der Waals surface area (Å²) in [6.07, 6.45) is 1.77. The van der Waals surface area contributed by atoms with Crippen molar-refractivity contribution in [3.8, 4) is 0 Å². The van der Waals surface area contributed by atoms with Gasteiger partial charge in [-0.3, -0.25) is 19.2 Å². The minimum atomic E-state index is -1.26. The van der Waals surface area contributed by atoms with Crippen LogP contribution >= 0.6 is 0 Å². The quantitative estimate of drug-likeness (QED) is 0.175. The number of rotatable bonds is 12. The molecule has 24 heavy (non-hydrogen) atoms. The molecule has 2 unspecified atom stereocenters. The number of hydrogen-bond donors (Lipinski definition) is 7. The largest absolute Gasteiger partial charge is 0.480 e. The van der Waals surface area contributed by atoms with Crippen molar-refractivity contribution in [2.45, 2.75) is 31.3 Å². The number of aliphatic hydroxyl groups is 1. The maximum atomic E-state index is 11.8. The van der Waals surface area contributed by atoms with E-state index < -0.39 is 55.5 Å². The van der Waals surface area contributed by atoms with Crippen molar-refractivity contribution < 1.29 is 29.4 Å². The van der Waals surface area contributed by atoms with Gasteiger partial charge in [-0.15, -0.1) is 0 Å². The summed E-state index contributed by atoms with van der Waals surface area (Å²) in [5, 5.41) is 24.1. The van der Waals surface area contributed by atoms with Gasteiger partial charge in [-0.1, -0.05) is 6.42 Å². The fourth-order valence-electron chi connectivity index (χ4n) is 1.64. The van der Waals surface area contributed by atoms with E-state index in [0.717, 1.165) is 6.42 Å². The van der Waals surface area contributed by atoms with Crippen molar-refractivity contribution in [1.29, 1.82) is 0 Å². The molecule has 0 saturated carbocycles. The summed E-state index contributed by atoms with van der Waals surface area (Å²) < 4.78 is 0. The molecule has 0 aromatic carbocycles. The summed E-state index contributed by atoms with van der Waals surface area (Å²) >= 11 is 0. The van der Waals surface area contributed by atoms with E-state index in [9.17, 15) is 24.3 Å². The topological polar surface area (TPSA) is 197 Å². The van der Waals surface area contributed by atoms with Crippen LogP contribution in [0.15, 0.2) is 0 Å². The molecular formula is C13H25N5O6. The summed E-state index contributed by atoms with van der Waals surface area (Å²) in [4.78, 5) is 45.2. The van der Waals surface area contributed by atoms with Crippen molar-refractivity contribution in [1.82, 2.24) is 16.0 Å². The molecular weight excluding hydrogens is 322 g/mol. The van der Waals surface area contributed by atoms with E-state index in [1.165, 1.54) is 0 Å². The molecule has 0 aliphatic heterocycles. The van der Waals surface area contributed by atoms with Crippen LogP contribution in [0.1, 0.15) is 19.3 Å². The van der Waals surface area contributed by atoms with Crippen molar-refractivity contribution in [3.63, 3.8) is 0 Å². The average molecular weight is 347 g/mol. The fraction of sp³-hybridized carbons (Fsp3) is 0.692. The summed E-state index contributed by atoms with van der Waals surface area (Å²) in [6.45, 7) is -1.25. The Morgan fingerprint density at radius 3 is 2.21 bits per heavy atom. The number of hydrogen-bond acceptors (Lipinski definition) is 7. The maximum absolute atomic E-state index is 11.8. The minimum Gasteiger partial charge on any atom is -0.480 e. The van der Waals surface area contributed by atoms with Crippen LogP contribution in [0.25, 0.3) is 0 Å². The number of amides is 3. The monoisotopic (exact) mass is 347 g/mol. The molecule has 2 atom stereocenters. The summed E-state index contributed by atoms with van der Waals surface area (Å²) in [7, 11) is 0. The average Bonchev–Trinajstić information content (AvgIpc) is 2.55. The van der Waals surface area contributed by atoms with Crippen LogP contribution in [-0.4, -0.2) is 72.2 Å². The van der Waals surface area contributed by atoms with Crippen LogP contribution in [0.2, 0.25) is 0 Å². The zero-order chi connectivity index (χ0) is 18.5. The third-order valence-corrected chi connectivity index (χ3v) is 2.98. The van der Waals surface area contributed by atoms with Gasteiger partial charge in [0.25, 0.3) is 0 Å². The van der Waals surface area contributed by atoms with Gasteiger partial charge in [-0.2, -0.15) is 0 Å². The molecule has 0 saturated heterocycles. The molecule has 9 N–H and O–H groups in total. The Hall–Kier alpha value is -2.24. The fourth-order valence-corrected chi connectivity index (χ4v) is 1.64. The second-order valence-corrected chi connectivity index (χ2v) is 5.02. The van der Waals surface area contributed by atoms with E-state index in [2.05, 4.69) is 10.6 Å². The molecule has 0 rings (SSSR count). The molecule has 0 bridgehead atoms. The predicted octanol–water partition coefficient (Wildman–Crippen LogP) is -3.76. The molecule has 0 aliphatic carbocycles. The Kier molecular flexibility index (Phi) is 11.1. The molecule has 0 aliphatic rings. The third kappa shape index (κ3) is 9.71. The third-order valence-electron chi connectivity index (χ3n) is 2.98. The first-order chi connectivity index (χ1) is 11.3. The highest BCUT2D eigenvalue weighted by molar-refractivity contribution is 5.92. The van der Waals surface area contributed by atoms with Crippen LogP contribution in [0.4, 0.5) is 0 Å². The lowest BCUT2D eigenvalue weighted by molar-refractivity contribution is -0.138. The zero-order valence-electron chi connectivity index (χ0n) is 13.3. The highest BCUT2D eigenvalue weighted by Gasteiger charge is 2.23. The smallest absolute Gasteiger partial charge is 0.322 e. The first-order valence-electron chi connectivity index (χ1n) is 7.44. The van der Waals surface area contributed by atoms with Crippen LogP contribution in [-0.2, 0) is 19.2 Å². The number of carboxylic acids is 1. The molecule has 11 nitrogen and oxygen atoms in total. The Bertz CT molecular complexity index is 445. The van der Waals surface area contributed by atoms with Gasteiger partial charge in [0.05, 0.1) is 19.2 Å². The van der Waals surface area contributed by atoms with E-state index in [1.54, 1.807) is 0 Å². The lowest BCUT2D eigenvalue weighted by Crippen LogP contribution is -2.54. The van der Waals surface area contributed by atoms with Crippen molar-refractivity contribution in [2.24, 2.45) is 11.5 Å². The second-order valence-electron chi connectivity index (χ2n) is 5.02. The van der Waals surface area contributed by atoms with Gasteiger partial charge in [0, 0.05) is 0 Å². The van der Waals surface area contributed by atoms with Gasteiger partial charge >= 0.3 is 5.97 Å². The Labute approximate surface area is 139 Å². The van der Waals surface area contributed by atoms with Crippen LogP contribution in [0.3, 0.4) is 0 Å². The summed E-state index contributed by atoms with van der Waals surface area (Å²) in [6, 6.07) is -2.09. The van der Waals surface area contributed by atoms with Gasteiger partial charge in [0.1, 0.15) is 12.6 Å².